The normalized spacial score (nSPS) is 19.8. The van der Waals surface area contributed by atoms with Gasteiger partial charge in [-0.05, 0) is 48.7 Å². The first-order chi connectivity index (χ1) is 15.7. The van der Waals surface area contributed by atoms with Crippen molar-refractivity contribution in [2.45, 2.75) is 46.1 Å². The van der Waals surface area contributed by atoms with Crippen molar-refractivity contribution >= 4 is 27.7 Å². The lowest BCUT2D eigenvalue weighted by Crippen LogP contribution is -2.35. The number of hydrogen-bond donors (Lipinski definition) is 1. The first-order valence-corrected chi connectivity index (χ1v) is 11.6. The van der Waals surface area contributed by atoms with Crippen LogP contribution >= 0.6 is 15.9 Å². The molecular formula is C25H26BrNO6. The molecule has 0 saturated carbocycles. The van der Waals surface area contributed by atoms with Gasteiger partial charge in [0, 0.05) is 22.9 Å². The minimum absolute atomic E-state index is 0.0632. The Morgan fingerprint density at radius 2 is 1.91 bits per heavy atom. The number of carbonyl (C=O) groups is 2. The summed E-state index contributed by atoms with van der Waals surface area (Å²) in [7, 11) is 0. The van der Waals surface area contributed by atoms with Crippen LogP contribution < -0.4 is 10.5 Å². The van der Waals surface area contributed by atoms with E-state index in [0.29, 0.717) is 41.4 Å². The van der Waals surface area contributed by atoms with E-state index in [-0.39, 0.29) is 35.9 Å². The summed E-state index contributed by atoms with van der Waals surface area (Å²) in [4.78, 5) is 26.0. The SMILES string of the molecule is CCOC(=O)C1=C(N)OC2=C(C(=O)CC(C)(C)C2)[C@H]1c1ccc(COc2ccc(Br)cc2)o1. The van der Waals surface area contributed by atoms with Crippen molar-refractivity contribution in [2.75, 3.05) is 6.61 Å². The number of hydrogen-bond acceptors (Lipinski definition) is 7. The summed E-state index contributed by atoms with van der Waals surface area (Å²) in [5.74, 6) is 0.553. The molecule has 1 atom stereocenters. The van der Waals surface area contributed by atoms with Gasteiger partial charge in [-0.15, -0.1) is 0 Å². The van der Waals surface area contributed by atoms with Gasteiger partial charge in [0.15, 0.2) is 5.78 Å². The minimum atomic E-state index is -0.794. The molecule has 0 bridgehead atoms. The smallest absolute Gasteiger partial charge is 0.340 e. The summed E-state index contributed by atoms with van der Waals surface area (Å²) in [5, 5.41) is 0. The van der Waals surface area contributed by atoms with Crippen molar-refractivity contribution in [2.24, 2.45) is 11.1 Å². The van der Waals surface area contributed by atoms with E-state index in [1.54, 1.807) is 19.1 Å². The van der Waals surface area contributed by atoms with Crippen molar-refractivity contribution in [1.29, 1.82) is 0 Å². The number of benzene rings is 1. The Bertz CT molecular complexity index is 1140. The highest BCUT2D eigenvalue weighted by molar-refractivity contribution is 9.10. The van der Waals surface area contributed by atoms with Crippen LogP contribution in [0, 0.1) is 5.41 Å². The lowest BCUT2D eigenvalue weighted by atomic mass is 9.71. The largest absolute Gasteiger partial charge is 0.486 e. The lowest BCUT2D eigenvalue weighted by molar-refractivity contribution is -0.139. The number of furan rings is 1. The number of allylic oxidation sites excluding steroid dienone is 2. The van der Waals surface area contributed by atoms with E-state index in [1.165, 1.54) is 0 Å². The summed E-state index contributed by atoms with van der Waals surface area (Å²) in [6, 6.07) is 10.9. The fourth-order valence-electron chi connectivity index (χ4n) is 4.19. The van der Waals surface area contributed by atoms with Crippen molar-refractivity contribution in [3.8, 4) is 5.75 Å². The molecule has 4 rings (SSSR count). The number of carbonyl (C=O) groups excluding carboxylic acids is 2. The Balaban J connectivity index is 1.67. The number of rotatable bonds is 6. The van der Waals surface area contributed by atoms with Crippen LogP contribution in [0.25, 0.3) is 0 Å². The fourth-order valence-corrected chi connectivity index (χ4v) is 4.45. The van der Waals surface area contributed by atoms with Crippen LogP contribution in [0.15, 0.2) is 68.1 Å². The Kier molecular flexibility index (Phi) is 6.38. The second-order valence-corrected chi connectivity index (χ2v) is 9.77. The molecule has 0 saturated heterocycles. The van der Waals surface area contributed by atoms with Gasteiger partial charge in [-0.3, -0.25) is 4.79 Å². The molecule has 0 radical (unpaired) electrons. The molecule has 7 nitrogen and oxygen atoms in total. The molecule has 1 aromatic heterocycles. The molecule has 2 heterocycles. The van der Waals surface area contributed by atoms with Crippen molar-refractivity contribution in [1.82, 2.24) is 0 Å². The summed E-state index contributed by atoms with van der Waals surface area (Å²) in [6.07, 6.45) is 0.865. The summed E-state index contributed by atoms with van der Waals surface area (Å²) in [5.41, 5.74) is 6.39. The zero-order chi connectivity index (χ0) is 23.8. The third kappa shape index (κ3) is 4.85. The van der Waals surface area contributed by atoms with E-state index in [1.807, 2.05) is 38.1 Å². The van der Waals surface area contributed by atoms with Crippen molar-refractivity contribution in [3.05, 3.63) is 75.2 Å². The molecule has 0 amide bonds. The van der Waals surface area contributed by atoms with E-state index < -0.39 is 11.9 Å². The summed E-state index contributed by atoms with van der Waals surface area (Å²) >= 11 is 3.39. The predicted molar refractivity (Wildman–Crippen MR) is 124 cm³/mol. The number of esters is 1. The number of ether oxygens (including phenoxy) is 3. The first-order valence-electron chi connectivity index (χ1n) is 10.8. The minimum Gasteiger partial charge on any atom is -0.486 e. The van der Waals surface area contributed by atoms with Crippen LogP contribution in [0.5, 0.6) is 5.75 Å². The van der Waals surface area contributed by atoms with Gasteiger partial charge in [0.05, 0.1) is 12.5 Å². The third-order valence-corrected chi connectivity index (χ3v) is 6.14. The number of Topliss-reactive ketones (excluding diaryl/α,β-unsaturated/α-hetero) is 1. The van der Waals surface area contributed by atoms with Gasteiger partial charge in [-0.25, -0.2) is 4.79 Å². The Hall–Kier alpha value is -3.00. The van der Waals surface area contributed by atoms with E-state index in [9.17, 15) is 9.59 Å². The molecule has 2 N–H and O–H groups in total. The molecule has 33 heavy (non-hydrogen) atoms. The lowest BCUT2D eigenvalue weighted by Gasteiger charge is -2.37. The fraction of sp³-hybridized carbons (Fsp3) is 0.360. The van der Waals surface area contributed by atoms with Crippen LogP contribution in [0.1, 0.15) is 51.1 Å². The second-order valence-electron chi connectivity index (χ2n) is 8.86. The van der Waals surface area contributed by atoms with Crippen molar-refractivity contribution < 1.29 is 28.2 Å². The van der Waals surface area contributed by atoms with Crippen LogP contribution in [0.3, 0.4) is 0 Å². The van der Waals surface area contributed by atoms with E-state index in [2.05, 4.69) is 15.9 Å². The van der Waals surface area contributed by atoms with E-state index in [4.69, 9.17) is 24.4 Å². The van der Waals surface area contributed by atoms with Crippen LogP contribution in [-0.4, -0.2) is 18.4 Å². The molecule has 174 valence electrons. The zero-order valence-electron chi connectivity index (χ0n) is 18.8. The van der Waals surface area contributed by atoms with Gasteiger partial charge in [0.25, 0.3) is 0 Å². The standard InChI is InChI=1S/C25H26BrNO6/c1-4-30-24(29)22-21(20-17(28)11-25(2,3)12-19(20)33-23(22)27)18-10-9-16(32-18)13-31-15-7-5-14(26)6-8-15/h5-10,21H,4,11-13,27H2,1-3H3/t21-/m1/s1. The first kappa shape index (κ1) is 23.2. The molecule has 0 fully saturated rings. The molecule has 2 aromatic rings. The highest BCUT2D eigenvalue weighted by Gasteiger charge is 2.46. The van der Waals surface area contributed by atoms with E-state index in [0.717, 1.165) is 4.47 Å². The van der Waals surface area contributed by atoms with Crippen molar-refractivity contribution in [3.63, 3.8) is 0 Å². The summed E-state index contributed by atoms with van der Waals surface area (Å²) in [6.45, 7) is 6.05. The molecular weight excluding hydrogens is 490 g/mol. The zero-order valence-corrected chi connectivity index (χ0v) is 20.4. The van der Waals surface area contributed by atoms with Crippen LogP contribution in [0.4, 0.5) is 0 Å². The van der Waals surface area contributed by atoms with Crippen LogP contribution in [-0.2, 0) is 25.7 Å². The van der Waals surface area contributed by atoms with Gasteiger partial charge < -0.3 is 24.4 Å². The highest BCUT2D eigenvalue weighted by atomic mass is 79.9. The quantitative estimate of drug-likeness (QED) is 0.533. The van der Waals surface area contributed by atoms with Gasteiger partial charge in [0.1, 0.15) is 35.2 Å². The van der Waals surface area contributed by atoms with Gasteiger partial charge >= 0.3 is 5.97 Å². The molecule has 0 unspecified atom stereocenters. The average Bonchev–Trinajstić information content (AvgIpc) is 3.20. The molecule has 8 heteroatoms. The monoisotopic (exact) mass is 515 g/mol. The number of nitrogens with two attached hydrogens (primary N) is 1. The van der Waals surface area contributed by atoms with E-state index >= 15 is 0 Å². The Morgan fingerprint density at radius 1 is 1.18 bits per heavy atom. The maximum atomic E-state index is 13.2. The maximum absolute atomic E-state index is 13.2. The number of ketones is 1. The molecule has 1 aliphatic carbocycles. The number of halogens is 1. The van der Waals surface area contributed by atoms with Crippen LogP contribution in [0.2, 0.25) is 0 Å². The topological polar surface area (TPSA) is 101 Å². The molecule has 2 aliphatic rings. The molecule has 1 aromatic carbocycles. The Labute approximate surface area is 200 Å². The van der Waals surface area contributed by atoms with Gasteiger partial charge in [-0.2, -0.15) is 0 Å². The van der Waals surface area contributed by atoms with Gasteiger partial charge in [-0.1, -0.05) is 29.8 Å². The third-order valence-electron chi connectivity index (χ3n) is 5.61. The second kappa shape index (κ2) is 9.09. The average molecular weight is 516 g/mol. The Morgan fingerprint density at radius 3 is 2.61 bits per heavy atom. The highest BCUT2D eigenvalue weighted by Crippen LogP contribution is 2.48. The molecule has 0 spiro atoms. The van der Waals surface area contributed by atoms with Gasteiger partial charge in [0.2, 0.25) is 5.88 Å². The summed E-state index contributed by atoms with van der Waals surface area (Å²) < 4.78 is 23.8. The molecule has 1 aliphatic heterocycles. The predicted octanol–water partition coefficient (Wildman–Crippen LogP) is 5.11. The maximum Gasteiger partial charge on any atom is 0.340 e.